The number of nitrogens with one attached hydrogen (secondary N) is 1. The Kier molecular flexibility index (Phi) is 4.10. The lowest BCUT2D eigenvalue weighted by Crippen LogP contribution is -2.39. The first-order chi connectivity index (χ1) is 10.2. The molecule has 1 fully saturated rings. The molecule has 1 saturated heterocycles. The Morgan fingerprint density at radius 2 is 2.29 bits per heavy atom. The second-order valence-corrected chi connectivity index (χ2v) is 5.09. The third-order valence-corrected chi connectivity index (χ3v) is 3.89. The Bertz CT molecular complexity index is 670. The van der Waals surface area contributed by atoms with Crippen molar-refractivity contribution in [3.8, 4) is 0 Å². The molecule has 0 radical (unpaired) electrons. The molecule has 0 amide bonds. The molecule has 1 aromatic heterocycles. The summed E-state index contributed by atoms with van der Waals surface area (Å²) in [6.07, 6.45) is -0.0406. The monoisotopic (exact) mass is 292 g/mol. The Hall–Kier alpha value is -1.63. The zero-order chi connectivity index (χ0) is 14.8. The molecule has 21 heavy (non-hydrogen) atoms. The molecule has 1 aromatic carbocycles. The van der Waals surface area contributed by atoms with Gasteiger partial charge in [-0.3, -0.25) is 4.57 Å². The summed E-state index contributed by atoms with van der Waals surface area (Å²) in [5, 5.41) is 3.26. The zero-order valence-electron chi connectivity index (χ0n) is 12.3. The third kappa shape index (κ3) is 2.62. The molecule has 114 valence electrons. The topological polar surface area (TPSA) is 65.6 Å². The molecule has 6 nitrogen and oxygen atoms in total. The van der Waals surface area contributed by atoms with Crippen LogP contribution in [-0.4, -0.2) is 37.5 Å². The van der Waals surface area contributed by atoms with Gasteiger partial charge in [0, 0.05) is 6.54 Å². The fourth-order valence-corrected chi connectivity index (χ4v) is 2.84. The van der Waals surface area contributed by atoms with Gasteiger partial charge in [0.25, 0.3) is 0 Å². The molecule has 2 heterocycles. The van der Waals surface area contributed by atoms with Crippen molar-refractivity contribution >= 4 is 11.1 Å². The first-order valence-electron chi connectivity index (χ1n) is 7.24. The molecule has 6 heteroatoms. The van der Waals surface area contributed by atoms with Gasteiger partial charge in [0.15, 0.2) is 5.58 Å². The average Bonchev–Trinajstić information content (AvgIpc) is 2.83. The number of rotatable bonds is 4. The second kappa shape index (κ2) is 6.01. The Morgan fingerprint density at radius 3 is 2.95 bits per heavy atom. The molecular formula is C15H20N2O4. The molecule has 2 unspecified atom stereocenters. The van der Waals surface area contributed by atoms with E-state index < -0.39 is 0 Å². The first kappa shape index (κ1) is 14.3. The first-order valence-corrected chi connectivity index (χ1v) is 7.24. The van der Waals surface area contributed by atoms with Gasteiger partial charge in [-0.1, -0.05) is 6.07 Å². The summed E-state index contributed by atoms with van der Waals surface area (Å²) in [5.74, 6) is -0.317. The van der Waals surface area contributed by atoms with Crippen molar-refractivity contribution in [3.63, 3.8) is 0 Å². The smallest absolute Gasteiger partial charge is 0.408 e. The van der Waals surface area contributed by atoms with E-state index in [-0.39, 0.29) is 17.9 Å². The van der Waals surface area contributed by atoms with Gasteiger partial charge in [0.05, 0.1) is 31.4 Å². The summed E-state index contributed by atoms with van der Waals surface area (Å²) in [5.41, 5.74) is 2.45. The number of benzene rings is 1. The lowest BCUT2D eigenvalue weighted by atomic mass is 10.0. The van der Waals surface area contributed by atoms with Crippen molar-refractivity contribution in [2.75, 3.05) is 26.9 Å². The summed E-state index contributed by atoms with van der Waals surface area (Å²) in [6, 6.07) is 5.84. The number of ether oxygens (including phenoxy) is 2. The largest absolute Gasteiger partial charge is 0.419 e. The van der Waals surface area contributed by atoms with Gasteiger partial charge < -0.3 is 19.2 Å². The van der Waals surface area contributed by atoms with Crippen molar-refractivity contribution < 1.29 is 13.9 Å². The average molecular weight is 292 g/mol. The van der Waals surface area contributed by atoms with E-state index in [9.17, 15) is 4.79 Å². The van der Waals surface area contributed by atoms with E-state index in [1.165, 1.54) is 0 Å². The lowest BCUT2D eigenvalue weighted by molar-refractivity contribution is -0.101. The predicted octanol–water partition coefficient (Wildman–Crippen LogP) is 1.29. The summed E-state index contributed by atoms with van der Waals surface area (Å²) in [7, 11) is 1.89. The van der Waals surface area contributed by atoms with Crippen LogP contribution in [0, 0.1) is 0 Å². The van der Waals surface area contributed by atoms with Gasteiger partial charge in [0.1, 0.15) is 6.10 Å². The second-order valence-electron chi connectivity index (χ2n) is 5.09. The highest BCUT2D eigenvalue weighted by molar-refractivity contribution is 5.74. The summed E-state index contributed by atoms with van der Waals surface area (Å²) < 4.78 is 18.2. The van der Waals surface area contributed by atoms with E-state index in [0.717, 1.165) is 11.1 Å². The highest BCUT2D eigenvalue weighted by Crippen LogP contribution is 2.25. The van der Waals surface area contributed by atoms with Crippen LogP contribution in [0.15, 0.2) is 27.4 Å². The van der Waals surface area contributed by atoms with Crippen LogP contribution in [0.3, 0.4) is 0 Å². The number of aryl methyl sites for hydroxylation is 1. The molecule has 0 spiro atoms. The fourth-order valence-electron chi connectivity index (χ4n) is 2.84. The number of likely N-dealkylation sites (N-methyl/N-ethyl adjacent to an activating group) is 1. The Balaban J connectivity index is 1.97. The van der Waals surface area contributed by atoms with Crippen LogP contribution >= 0.6 is 0 Å². The number of hydrogen-bond donors (Lipinski definition) is 1. The minimum atomic E-state index is -0.317. The van der Waals surface area contributed by atoms with Crippen LogP contribution in [0.1, 0.15) is 18.5 Å². The number of nitrogens with zero attached hydrogens (tertiary/aromatic N) is 1. The lowest BCUT2D eigenvalue weighted by Gasteiger charge is -2.30. The fraction of sp³-hybridized carbons (Fsp3) is 0.533. The number of fused-ring (bicyclic) bond motifs is 1. The third-order valence-electron chi connectivity index (χ3n) is 3.89. The Labute approximate surface area is 122 Å². The van der Waals surface area contributed by atoms with E-state index >= 15 is 0 Å². The van der Waals surface area contributed by atoms with Crippen LogP contribution in [0.25, 0.3) is 11.1 Å². The van der Waals surface area contributed by atoms with Gasteiger partial charge in [-0.25, -0.2) is 4.79 Å². The van der Waals surface area contributed by atoms with Crippen molar-refractivity contribution in [2.24, 2.45) is 0 Å². The minimum absolute atomic E-state index is 0.00461. The number of aromatic nitrogens is 1. The highest BCUT2D eigenvalue weighted by atomic mass is 16.6. The number of oxazole rings is 1. The van der Waals surface area contributed by atoms with E-state index in [1.807, 2.05) is 32.2 Å². The van der Waals surface area contributed by atoms with Gasteiger partial charge in [0.2, 0.25) is 0 Å². The molecule has 1 aliphatic rings. The van der Waals surface area contributed by atoms with Crippen LogP contribution < -0.4 is 11.1 Å². The molecule has 1 aliphatic heterocycles. The van der Waals surface area contributed by atoms with Gasteiger partial charge in [-0.05, 0) is 31.7 Å². The van der Waals surface area contributed by atoms with Crippen LogP contribution in [0.2, 0.25) is 0 Å². The highest BCUT2D eigenvalue weighted by Gasteiger charge is 2.26. The van der Waals surface area contributed by atoms with Crippen molar-refractivity contribution in [2.45, 2.75) is 25.6 Å². The van der Waals surface area contributed by atoms with Crippen LogP contribution in [0.5, 0.6) is 0 Å². The summed E-state index contributed by atoms with van der Waals surface area (Å²) >= 11 is 0. The van der Waals surface area contributed by atoms with E-state index in [1.54, 1.807) is 4.57 Å². The molecule has 3 rings (SSSR count). The molecular weight excluding hydrogens is 272 g/mol. The van der Waals surface area contributed by atoms with Crippen molar-refractivity contribution in [3.05, 3.63) is 34.3 Å². The molecule has 2 atom stereocenters. The standard InChI is InChI=1S/C15H20N2O4/c1-3-17-11-5-4-10(8-12(11)21-15(17)18)14(16-2)13-9-19-6-7-20-13/h4-5,8,13-14,16H,3,6-7,9H2,1-2H3. The van der Waals surface area contributed by atoms with Gasteiger partial charge in [-0.15, -0.1) is 0 Å². The molecule has 0 saturated carbocycles. The van der Waals surface area contributed by atoms with Crippen molar-refractivity contribution in [1.29, 1.82) is 0 Å². The van der Waals surface area contributed by atoms with Crippen LogP contribution in [0.4, 0.5) is 0 Å². The molecule has 0 aliphatic carbocycles. The molecule has 2 aromatic rings. The summed E-state index contributed by atoms with van der Waals surface area (Å²) in [4.78, 5) is 11.8. The van der Waals surface area contributed by atoms with E-state index in [4.69, 9.17) is 13.9 Å². The van der Waals surface area contributed by atoms with Gasteiger partial charge in [-0.2, -0.15) is 0 Å². The number of hydrogen-bond acceptors (Lipinski definition) is 5. The van der Waals surface area contributed by atoms with E-state index in [2.05, 4.69) is 5.32 Å². The Morgan fingerprint density at radius 1 is 1.43 bits per heavy atom. The maximum atomic E-state index is 11.8. The molecule has 0 bridgehead atoms. The quantitative estimate of drug-likeness (QED) is 0.920. The van der Waals surface area contributed by atoms with Gasteiger partial charge >= 0.3 is 5.76 Å². The summed E-state index contributed by atoms with van der Waals surface area (Å²) in [6.45, 7) is 4.32. The minimum Gasteiger partial charge on any atom is -0.408 e. The predicted molar refractivity (Wildman–Crippen MR) is 78.5 cm³/mol. The maximum absolute atomic E-state index is 11.8. The van der Waals surface area contributed by atoms with Crippen molar-refractivity contribution in [1.82, 2.24) is 9.88 Å². The van der Waals surface area contributed by atoms with E-state index in [0.29, 0.717) is 31.9 Å². The maximum Gasteiger partial charge on any atom is 0.419 e. The van der Waals surface area contributed by atoms with Crippen LogP contribution in [-0.2, 0) is 16.0 Å². The molecule has 1 N–H and O–H groups in total. The zero-order valence-corrected chi connectivity index (χ0v) is 12.3. The normalized spacial score (nSPS) is 20.8. The SMILES string of the molecule is CCn1c(=O)oc2cc(C(NC)C3COCCO3)ccc21.